The van der Waals surface area contributed by atoms with E-state index in [1.807, 2.05) is 11.5 Å². The minimum absolute atomic E-state index is 0.253. The number of imidazole rings is 1. The van der Waals surface area contributed by atoms with Crippen molar-refractivity contribution in [2.45, 2.75) is 20.0 Å². The Balaban J connectivity index is 1.49. The number of morpholine rings is 1. The molecule has 0 N–H and O–H groups in total. The third-order valence-corrected chi connectivity index (χ3v) is 6.10. The van der Waals surface area contributed by atoms with Crippen molar-refractivity contribution >= 4 is 11.2 Å². The Bertz CT molecular complexity index is 1320. The molecule has 4 heterocycles. The molecule has 1 aliphatic rings. The SMILES string of the molecule is COCCOc1nc(C)c2nc(-c3cncc(F)c3)n(Cc3ccc(CN4CCOCC4)cc3)c2n1. The van der Waals surface area contributed by atoms with Crippen LogP contribution in [0.2, 0.25) is 0 Å². The van der Waals surface area contributed by atoms with Crippen molar-refractivity contribution in [2.24, 2.45) is 0 Å². The zero-order chi connectivity index (χ0) is 24.9. The summed E-state index contributed by atoms with van der Waals surface area (Å²) in [6, 6.07) is 10.2. The summed E-state index contributed by atoms with van der Waals surface area (Å²) in [5.74, 6) is 0.144. The van der Waals surface area contributed by atoms with Crippen LogP contribution in [0.3, 0.4) is 0 Å². The number of rotatable bonds is 9. The van der Waals surface area contributed by atoms with Gasteiger partial charge in [-0.1, -0.05) is 24.3 Å². The summed E-state index contributed by atoms with van der Waals surface area (Å²) < 4.78 is 32.2. The number of pyridine rings is 1. The van der Waals surface area contributed by atoms with Gasteiger partial charge in [-0.15, -0.1) is 0 Å². The van der Waals surface area contributed by atoms with E-state index in [-0.39, 0.29) is 6.01 Å². The van der Waals surface area contributed by atoms with Gasteiger partial charge in [0.2, 0.25) is 0 Å². The molecular formula is C26H29FN6O3. The van der Waals surface area contributed by atoms with Gasteiger partial charge in [-0.2, -0.15) is 9.97 Å². The van der Waals surface area contributed by atoms with Crippen molar-refractivity contribution in [3.63, 3.8) is 0 Å². The summed E-state index contributed by atoms with van der Waals surface area (Å²) in [5, 5.41) is 0. The van der Waals surface area contributed by atoms with Gasteiger partial charge in [-0.25, -0.2) is 9.37 Å². The number of benzene rings is 1. The lowest BCUT2D eigenvalue weighted by Gasteiger charge is -2.26. The number of hydrogen-bond acceptors (Lipinski definition) is 8. The van der Waals surface area contributed by atoms with E-state index in [1.54, 1.807) is 13.3 Å². The first-order chi connectivity index (χ1) is 17.6. The number of aryl methyl sites for hydroxylation is 1. The molecule has 1 aromatic carbocycles. The first-order valence-corrected chi connectivity index (χ1v) is 12.0. The largest absolute Gasteiger partial charge is 0.461 e. The van der Waals surface area contributed by atoms with E-state index >= 15 is 0 Å². The molecule has 0 unspecified atom stereocenters. The maximum absolute atomic E-state index is 14.0. The Morgan fingerprint density at radius 1 is 0.972 bits per heavy atom. The lowest BCUT2D eigenvalue weighted by molar-refractivity contribution is 0.0342. The molecule has 36 heavy (non-hydrogen) atoms. The molecule has 9 nitrogen and oxygen atoms in total. The van der Waals surface area contributed by atoms with Gasteiger partial charge in [0.1, 0.15) is 23.8 Å². The Morgan fingerprint density at radius 2 is 1.72 bits per heavy atom. The minimum Gasteiger partial charge on any atom is -0.461 e. The number of fused-ring (bicyclic) bond motifs is 1. The molecule has 0 aliphatic carbocycles. The molecule has 0 atom stereocenters. The summed E-state index contributed by atoms with van der Waals surface area (Å²) in [6.07, 6.45) is 2.78. The molecule has 0 saturated carbocycles. The average molecular weight is 493 g/mol. The molecule has 1 aliphatic heterocycles. The number of aromatic nitrogens is 5. The third-order valence-electron chi connectivity index (χ3n) is 6.10. The van der Waals surface area contributed by atoms with Gasteiger partial charge in [-0.3, -0.25) is 9.88 Å². The summed E-state index contributed by atoms with van der Waals surface area (Å²) in [5.41, 5.74) is 4.82. The highest BCUT2D eigenvalue weighted by molar-refractivity contribution is 5.79. The van der Waals surface area contributed by atoms with Gasteiger partial charge in [-0.05, 0) is 24.1 Å². The number of ether oxygens (including phenoxy) is 3. The second-order valence-electron chi connectivity index (χ2n) is 8.72. The van der Waals surface area contributed by atoms with Gasteiger partial charge in [0.05, 0.1) is 38.3 Å². The first kappa shape index (κ1) is 24.2. The number of hydrogen-bond donors (Lipinski definition) is 0. The van der Waals surface area contributed by atoms with Gasteiger partial charge in [0.25, 0.3) is 0 Å². The Morgan fingerprint density at radius 3 is 2.44 bits per heavy atom. The van der Waals surface area contributed by atoms with Crippen molar-refractivity contribution < 1.29 is 18.6 Å². The third kappa shape index (κ3) is 5.51. The molecule has 1 fully saturated rings. The summed E-state index contributed by atoms with van der Waals surface area (Å²) >= 11 is 0. The molecular weight excluding hydrogens is 463 g/mol. The molecule has 3 aromatic heterocycles. The number of halogens is 1. The number of methoxy groups -OCH3 is 1. The van der Waals surface area contributed by atoms with Gasteiger partial charge >= 0.3 is 6.01 Å². The molecule has 4 aromatic rings. The van der Waals surface area contributed by atoms with Gasteiger partial charge in [0, 0.05) is 38.5 Å². The van der Waals surface area contributed by atoms with Crippen LogP contribution in [0.15, 0.2) is 42.7 Å². The second-order valence-corrected chi connectivity index (χ2v) is 8.72. The normalized spacial score (nSPS) is 14.4. The predicted molar refractivity (Wildman–Crippen MR) is 132 cm³/mol. The van der Waals surface area contributed by atoms with Crippen LogP contribution in [-0.4, -0.2) is 76.0 Å². The Kier molecular flexibility index (Phi) is 7.45. The van der Waals surface area contributed by atoms with Crippen LogP contribution in [0.4, 0.5) is 4.39 Å². The molecule has 1 saturated heterocycles. The Hall–Kier alpha value is -3.47. The first-order valence-electron chi connectivity index (χ1n) is 12.0. The van der Waals surface area contributed by atoms with E-state index in [1.165, 1.54) is 17.8 Å². The lowest BCUT2D eigenvalue weighted by Crippen LogP contribution is -2.35. The average Bonchev–Trinajstić information content (AvgIpc) is 3.25. The van der Waals surface area contributed by atoms with Gasteiger partial charge < -0.3 is 18.8 Å². The van der Waals surface area contributed by atoms with Crippen LogP contribution in [0.5, 0.6) is 6.01 Å². The minimum atomic E-state index is -0.426. The fourth-order valence-corrected chi connectivity index (χ4v) is 4.25. The highest BCUT2D eigenvalue weighted by Crippen LogP contribution is 2.27. The van der Waals surface area contributed by atoms with Crippen LogP contribution in [0.1, 0.15) is 16.8 Å². The topological polar surface area (TPSA) is 87.4 Å². The smallest absolute Gasteiger partial charge is 0.318 e. The maximum Gasteiger partial charge on any atom is 0.318 e. The Labute approximate surface area is 208 Å². The fourth-order valence-electron chi connectivity index (χ4n) is 4.25. The summed E-state index contributed by atoms with van der Waals surface area (Å²) in [6.45, 7) is 7.46. The maximum atomic E-state index is 14.0. The van der Waals surface area contributed by atoms with E-state index < -0.39 is 5.82 Å². The molecule has 0 spiro atoms. The summed E-state index contributed by atoms with van der Waals surface area (Å²) in [7, 11) is 1.61. The molecule has 0 bridgehead atoms. The quantitative estimate of drug-likeness (QED) is 0.329. The predicted octanol–water partition coefficient (Wildman–Crippen LogP) is 3.24. The van der Waals surface area contributed by atoms with E-state index in [2.05, 4.69) is 44.1 Å². The van der Waals surface area contributed by atoms with E-state index in [0.29, 0.717) is 48.0 Å². The van der Waals surface area contributed by atoms with Crippen molar-refractivity contribution in [1.82, 2.24) is 29.4 Å². The van der Waals surface area contributed by atoms with E-state index in [4.69, 9.17) is 19.2 Å². The molecule has 188 valence electrons. The van der Waals surface area contributed by atoms with E-state index in [9.17, 15) is 4.39 Å². The molecule has 0 amide bonds. The van der Waals surface area contributed by atoms with Crippen LogP contribution in [0, 0.1) is 12.7 Å². The summed E-state index contributed by atoms with van der Waals surface area (Å²) in [4.78, 5) is 20.3. The van der Waals surface area contributed by atoms with Crippen molar-refractivity contribution in [3.05, 3.63) is 65.4 Å². The van der Waals surface area contributed by atoms with E-state index in [0.717, 1.165) is 38.4 Å². The van der Waals surface area contributed by atoms with Crippen LogP contribution < -0.4 is 4.74 Å². The van der Waals surface area contributed by atoms with Crippen molar-refractivity contribution in [2.75, 3.05) is 46.6 Å². The van der Waals surface area contributed by atoms with Crippen LogP contribution >= 0.6 is 0 Å². The van der Waals surface area contributed by atoms with Gasteiger partial charge in [0.15, 0.2) is 5.65 Å². The van der Waals surface area contributed by atoms with Crippen molar-refractivity contribution in [1.29, 1.82) is 0 Å². The number of nitrogens with zero attached hydrogens (tertiary/aromatic N) is 6. The molecule has 10 heteroatoms. The molecule has 0 radical (unpaired) electrons. The molecule has 5 rings (SSSR count). The van der Waals surface area contributed by atoms with Crippen LogP contribution in [-0.2, 0) is 22.6 Å². The highest BCUT2D eigenvalue weighted by Gasteiger charge is 2.19. The monoisotopic (exact) mass is 492 g/mol. The van der Waals surface area contributed by atoms with Crippen LogP contribution in [0.25, 0.3) is 22.6 Å². The second kappa shape index (κ2) is 11.1. The standard InChI is InChI=1S/C26H29FN6O3/c1-18-23-25(31-26(29-18)36-12-11-34-2)33(24(30-23)21-13-22(27)15-28-14-21)17-20-5-3-19(4-6-20)16-32-7-9-35-10-8-32/h3-6,13-15H,7-12,16-17H2,1-2H3. The zero-order valence-electron chi connectivity index (χ0n) is 20.5. The highest BCUT2D eigenvalue weighted by atomic mass is 19.1. The fraction of sp³-hybridized carbons (Fsp3) is 0.385. The zero-order valence-corrected chi connectivity index (χ0v) is 20.5. The van der Waals surface area contributed by atoms with Crippen molar-refractivity contribution in [3.8, 4) is 17.4 Å². The lowest BCUT2D eigenvalue weighted by atomic mass is 10.1.